The molecule has 1 amide bonds. The van der Waals surface area contributed by atoms with Gasteiger partial charge in [-0.1, -0.05) is 12.1 Å². The summed E-state index contributed by atoms with van der Waals surface area (Å²) in [5.41, 5.74) is 7.58. The molecule has 0 aliphatic rings. The summed E-state index contributed by atoms with van der Waals surface area (Å²) in [5.74, 6) is -0.331. The lowest BCUT2D eigenvalue weighted by molar-refractivity contribution is -0.118. The fourth-order valence-electron chi connectivity index (χ4n) is 1.67. The number of hydrogen-bond donors (Lipinski definition) is 2. The standard InChI is InChI=1S/C15H15FN2O2/c1-10-5-6-13(17)14(7-10)20-9-15(19)18-12-4-2-3-11(16)8-12/h2-8H,9,17H2,1H3,(H,18,19). The lowest BCUT2D eigenvalue weighted by atomic mass is 10.2. The molecular weight excluding hydrogens is 259 g/mol. The van der Waals surface area contributed by atoms with Crippen LogP contribution in [0.25, 0.3) is 0 Å². The predicted molar refractivity (Wildman–Crippen MR) is 76.1 cm³/mol. The molecule has 2 rings (SSSR count). The number of halogens is 1. The van der Waals surface area contributed by atoms with Crippen LogP contribution in [0.4, 0.5) is 15.8 Å². The molecule has 0 radical (unpaired) electrons. The fourth-order valence-corrected chi connectivity index (χ4v) is 1.67. The van der Waals surface area contributed by atoms with Crippen LogP contribution in [-0.2, 0) is 4.79 Å². The van der Waals surface area contributed by atoms with Crippen LogP contribution >= 0.6 is 0 Å². The fraction of sp³-hybridized carbons (Fsp3) is 0.133. The number of nitrogens with one attached hydrogen (secondary N) is 1. The van der Waals surface area contributed by atoms with Gasteiger partial charge in [-0.2, -0.15) is 0 Å². The topological polar surface area (TPSA) is 64.3 Å². The summed E-state index contributed by atoms with van der Waals surface area (Å²) in [6, 6.07) is 11.0. The molecule has 0 aliphatic carbocycles. The smallest absolute Gasteiger partial charge is 0.262 e. The Hall–Kier alpha value is -2.56. The van der Waals surface area contributed by atoms with Gasteiger partial charge in [0.25, 0.3) is 5.91 Å². The monoisotopic (exact) mass is 274 g/mol. The number of ether oxygens (including phenoxy) is 1. The zero-order valence-corrected chi connectivity index (χ0v) is 11.0. The van der Waals surface area contributed by atoms with Gasteiger partial charge in [0.1, 0.15) is 11.6 Å². The van der Waals surface area contributed by atoms with Crippen molar-refractivity contribution in [3.05, 3.63) is 53.8 Å². The molecule has 104 valence electrons. The second-order valence-corrected chi connectivity index (χ2v) is 4.39. The van der Waals surface area contributed by atoms with Gasteiger partial charge >= 0.3 is 0 Å². The Morgan fingerprint density at radius 1 is 1.30 bits per heavy atom. The van der Waals surface area contributed by atoms with Crippen molar-refractivity contribution in [1.82, 2.24) is 0 Å². The molecule has 0 saturated carbocycles. The van der Waals surface area contributed by atoms with Crippen molar-refractivity contribution in [3.8, 4) is 5.75 Å². The average molecular weight is 274 g/mol. The summed E-state index contributed by atoms with van der Waals surface area (Å²) in [6.45, 7) is 1.71. The number of hydrogen-bond acceptors (Lipinski definition) is 3. The third-order valence-corrected chi connectivity index (χ3v) is 2.64. The van der Waals surface area contributed by atoms with Crippen molar-refractivity contribution in [2.45, 2.75) is 6.92 Å². The molecule has 0 spiro atoms. The van der Waals surface area contributed by atoms with Gasteiger partial charge in [-0.3, -0.25) is 4.79 Å². The van der Waals surface area contributed by atoms with Crippen molar-refractivity contribution in [2.75, 3.05) is 17.7 Å². The van der Waals surface area contributed by atoms with E-state index in [1.165, 1.54) is 18.2 Å². The quantitative estimate of drug-likeness (QED) is 0.842. The Morgan fingerprint density at radius 2 is 2.10 bits per heavy atom. The molecule has 2 aromatic carbocycles. The number of rotatable bonds is 4. The maximum atomic E-state index is 13.0. The number of carbonyl (C=O) groups is 1. The number of nitrogens with two attached hydrogens (primary N) is 1. The average Bonchev–Trinajstić information content (AvgIpc) is 2.40. The first-order chi connectivity index (χ1) is 9.54. The Kier molecular flexibility index (Phi) is 4.20. The van der Waals surface area contributed by atoms with Gasteiger partial charge in [0, 0.05) is 5.69 Å². The van der Waals surface area contributed by atoms with Crippen LogP contribution in [0.1, 0.15) is 5.56 Å². The van der Waals surface area contributed by atoms with Gasteiger partial charge in [-0.25, -0.2) is 4.39 Å². The van der Waals surface area contributed by atoms with E-state index in [4.69, 9.17) is 10.5 Å². The molecule has 0 heterocycles. The van der Waals surface area contributed by atoms with Crippen molar-refractivity contribution in [1.29, 1.82) is 0 Å². The molecule has 0 saturated heterocycles. The molecule has 0 bridgehead atoms. The molecule has 0 unspecified atom stereocenters. The van der Waals surface area contributed by atoms with E-state index in [1.54, 1.807) is 18.2 Å². The molecule has 20 heavy (non-hydrogen) atoms. The summed E-state index contributed by atoms with van der Waals surface area (Å²) in [7, 11) is 0. The number of aryl methyl sites for hydroxylation is 1. The first kappa shape index (κ1) is 13.9. The normalized spacial score (nSPS) is 10.1. The van der Waals surface area contributed by atoms with Crippen LogP contribution in [-0.4, -0.2) is 12.5 Å². The van der Waals surface area contributed by atoms with E-state index in [2.05, 4.69) is 5.32 Å². The van der Waals surface area contributed by atoms with E-state index in [0.29, 0.717) is 17.1 Å². The Bertz CT molecular complexity index is 629. The molecule has 0 aliphatic heterocycles. The zero-order valence-electron chi connectivity index (χ0n) is 11.0. The summed E-state index contributed by atoms with van der Waals surface area (Å²) < 4.78 is 18.3. The number of anilines is 2. The van der Waals surface area contributed by atoms with Crippen molar-refractivity contribution in [3.63, 3.8) is 0 Å². The Labute approximate surface area is 116 Å². The summed E-state index contributed by atoms with van der Waals surface area (Å²) in [4.78, 5) is 11.7. The number of nitrogen functional groups attached to an aromatic ring is 1. The van der Waals surface area contributed by atoms with Crippen molar-refractivity contribution < 1.29 is 13.9 Å². The van der Waals surface area contributed by atoms with Crippen LogP contribution in [0.15, 0.2) is 42.5 Å². The van der Waals surface area contributed by atoms with E-state index in [0.717, 1.165) is 5.56 Å². The van der Waals surface area contributed by atoms with E-state index < -0.39 is 5.82 Å². The predicted octanol–water partition coefficient (Wildman–Crippen LogP) is 2.73. The highest BCUT2D eigenvalue weighted by Crippen LogP contribution is 2.22. The second kappa shape index (κ2) is 6.06. The zero-order chi connectivity index (χ0) is 14.5. The number of amides is 1. The first-order valence-corrected chi connectivity index (χ1v) is 6.09. The first-order valence-electron chi connectivity index (χ1n) is 6.09. The molecule has 4 nitrogen and oxygen atoms in total. The Balaban J connectivity index is 1.94. The van der Waals surface area contributed by atoms with E-state index in [-0.39, 0.29) is 12.5 Å². The van der Waals surface area contributed by atoms with Gasteiger partial charge in [0.2, 0.25) is 0 Å². The third kappa shape index (κ3) is 3.71. The van der Waals surface area contributed by atoms with E-state index in [9.17, 15) is 9.18 Å². The molecule has 3 N–H and O–H groups in total. The third-order valence-electron chi connectivity index (χ3n) is 2.64. The van der Waals surface area contributed by atoms with E-state index >= 15 is 0 Å². The summed E-state index contributed by atoms with van der Waals surface area (Å²) >= 11 is 0. The highest BCUT2D eigenvalue weighted by molar-refractivity contribution is 5.91. The maximum absolute atomic E-state index is 13.0. The van der Waals surface area contributed by atoms with Crippen LogP contribution in [0.3, 0.4) is 0 Å². The maximum Gasteiger partial charge on any atom is 0.262 e. The minimum Gasteiger partial charge on any atom is -0.482 e. The van der Waals surface area contributed by atoms with Crippen LogP contribution in [0.5, 0.6) is 5.75 Å². The highest BCUT2D eigenvalue weighted by Gasteiger charge is 2.06. The largest absolute Gasteiger partial charge is 0.482 e. The van der Waals surface area contributed by atoms with Crippen LogP contribution in [0, 0.1) is 12.7 Å². The Morgan fingerprint density at radius 3 is 2.85 bits per heavy atom. The molecular formula is C15H15FN2O2. The van der Waals surface area contributed by atoms with Gasteiger partial charge in [0.15, 0.2) is 6.61 Å². The second-order valence-electron chi connectivity index (χ2n) is 4.39. The minimum absolute atomic E-state index is 0.190. The lowest BCUT2D eigenvalue weighted by Gasteiger charge is -2.10. The molecule has 0 fully saturated rings. The van der Waals surface area contributed by atoms with Gasteiger partial charge in [-0.15, -0.1) is 0 Å². The SMILES string of the molecule is Cc1ccc(N)c(OCC(=O)Nc2cccc(F)c2)c1. The van der Waals surface area contributed by atoms with Crippen LogP contribution in [0.2, 0.25) is 0 Å². The van der Waals surface area contributed by atoms with Crippen molar-refractivity contribution >= 4 is 17.3 Å². The van der Waals surface area contributed by atoms with Gasteiger partial charge in [-0.05, 0) is 42.8 Å². The van der Waals surface area contributed by atoms with Gasteiger partial charge < -0.3 is 15.8 Å². The van der Waals surface area contributed by atoms with Gasteiger partial charge in [0.05, 0.1) is 5.69 Å². The molecule has 5 heteroatoms. The lowest BCUT2D eigenvalue weighted by Crippen LogP contribution is -2.20. The molecule has 2 aromatic rings. The van der Waals surface area contributed by atoms with Crippen molar-refractivity contribution in [2.24, 2.45) is 0 Å². The van der Waals surface area contributed by atoms with Crippen LogP contribution < -0.4 is 15.8 Å². The van der Waals surface area contributed by atoms with E-state index in [1.807, 2.05) is 13.0 Å². The minimum atomic E-state index is -0.411. The number of benzene rings is 2. The molecule has 0 aromatic heterocycles. The summed E-state index contributed by atoms with van der Waals surface area (Å²) in [6.07, 6.45) is 0. The highest BCUT2D eigenvalue weighted by atomic mass is 19.1. The molecule has 0 atom stereocenters. The summed E-state index contributed by atoms with van der Waals surface area (Å²) in [5, 5.41) is 2.54. The number of carbonyl (C=O) groups excluding carboxylic acids is 1.